The highest BCUT2D eigenvalue weighted by atomic mass is 16.6. The van der Waals surface area contributed by atoms with Crippen molar-refractivity contribution in [3.63, 3.8) is 0 Å². The molecular formula is C30H25NO5. The Balaban J connectivity index is 1.23. The maximum absolute atomic E-state index is 13.4. The number of nitro groups is 1. The lowest BCUT2D eigenvalue weighted by atomic mass is 9.80. The zero-order valence-electron chi connectivity index (χ0n) is 19.6. The fourth-order valence-electron chi connectivity index (χ4n) is 7.82. The Morgan fingerprint density at radius 1 is 0.944 bits per heavy atom. The normalized spacial score (nSPS) is 34.3. The van der Waals surface area contributed by atoms with Crippen molar-refractivity contribution < 1.29 is 19.2 Å². The minimum atomic E-state index is -0.624. The van der Waals surface area contributed by atoms with Gasteiger partial charge in [-0.2, -0.15) is 0 Å². The summed E-state index contributed by atoms with van der Waals surface area (Å²) in [5.74, 6) is 0.568. The van der Waals surface area contributed by atoms with E-state index in [0.717, 1.165) is 25.0 Å². The summed E-state index contributed by atoms with van der Waals surface area (Å²) in [7, 11) is 0. The maximum Gasteiger partial charge on any atom is 0.338 e. The molecule has 3 saturated carbocycles. The monoisotopic (exact) mass is 479 g/mol. The van der Waals surface area contributed by atoms with Crippen LogP contribution in [-0.4, -0.2) is 23.1 Å². The lowest BCUT2D eigenvalue weighted by molar-refractivity contribution is -0.384. The van der Waals surface area contributed by atoms with Gasteiger partial charge >= 0.3 is 5.97 Å². The third-order valence-corrected chi connectivity index (χ3v) is 9.20. The zero-order valence-corrected chi connectivity index (χ0v) is 19.6. The van der Waals surface area contributed by atoms with Gasteiger partial charge in [0.15, 0.2) is 0 Å². The predicted molar refractivity (Wildman–Crippen MR) is 133 cm³/mol. The summed E-state index contributed by atoms with van der Waals surface area (Å²) in [5, 5.41) is 11.0. The van der Waals surface area contributed by atoms with Crippen molar-refractivity contribution in [2.45, 2.75) is 30.3 Å². The summed E-state index contributed by atoms with van der Waals surface area (Å²) >= 11 is 0. The molecule has 6 nitrogen and oxygen atoms in total. The Bertz CT molecular complexity index is 1400. The molecular weight excluding hydrogens is 454 g/mol. The molecule has 0 radical (unpaired) electrons. The smallest absolute Gasteiger partial charge is 0.338 e. The third-order valence-electron chi connectivity index (χ3n) is 9.20. The molecule has 3 fully saturated rings. The molecule has 1 spiro atoms. The van der Waals surface area contributed by atoms with E-state index in [1.165, 1.54) is 29.8 Å². The van der Waals surface area contributed by atoms with Crippen molar-refractivity contribution in [1.29, 1.82) is 0 Å². The highest BCUT2D eigenvalue weighted by Gasteiger charge is 2.98. The molecule has 180 valence electrons. The Kier molecular flexibility index (Phi) is 4.19. The lowest BCUT2D eigenvalue weighted by Gasteiger charge is -2.29. The van der Waals surface area contributed by atoms with E-state index in [4.69, 9.17) is 9.47 Å². The number of para-hydroxylation sites is 1. The molecule has 4 aliphatic rings. The van der Waals surface area contributed by atoms with Gasteiger partial charge in [0.05, 0.1) is 17.1 Å². The van der Waals surface area contributed by atoms with Gasteiger partial charge in [0, 0.05) is 35.3 Å². The summed E-state index contributed by atoms with van der Waals surface area (Å²) in [5.41, 5.74) is 0.593. The molecule has 0 saturated heterocycles. The molecule has 5 atom stereocenters. The number of rotatable bonds is 7. The topological polar surface area (TPSA) is 78.7 Å². The van der Waals surface area contributed by atoms with Gasteiger partial charge in [-0.05, 0) is 48.1 Å². The standard InChI is InChI=1S/C30H25NO5/c32-25(21-12-14-23(15-13-21)31(33)34)36-30-19-27(30,20-35-24-10-5-2-6-11-24)18-28-16-7-17-29(28,26(28)30)22-8-3-1-4-9-22/h1-15,17,26H,16,18-20H2/t26-,27-,28?,29-,30+/m0/s1. The number of allylic oxidation sites excluding steroid dienone is 2. The second-order valence-electron chi connectivity index (χ2n) is 10.7. The zero-order chi connectivity index (χ0) is 24.6. The van der Waals surface area contributed by atoms with Crippen LogP contribution in [0.15, 0.2) is 97.1 Å². The van der Waals surface area contributed by atoms with Crippen LogP contribution in [0.3, 0.4) is 0 Å². The number of ether oxygens (including phenoxy) is 2. The van der Waals surface area contributed by atoms with Crippen LogP contribution in [0.2, 0.25) is 0 Å². The predicted octanol–water partition coefficient (Wildman–Crippen LogP) is 5.88. The molecule has 0 bridgehead atoms. The van der Waals surface area contributed by atoms with Crippen molar-refractivity contribution >= 4 is 11.7 Å². The van der Waals surface area contributed by atoms with Crippen molar-refractivity contribution in [1.82, 2.24) is 0 Å². The summed E-state index contributed by atoms with van der Waals surface area (Å²) < 4.78 is 12.7. The van der Waals surface area contributed by atoms with Gasteiger partial charge in [0.25, 0.3) is 5.69 Å². The molecule has 3 aromatic rings. The maximum atomic E-state index is 13.4. The Labute approximate surface area is 208 Å². The Morgan fingerprint density at radius 2 is 1.64 bits per heavy atom. The average Bonchev–Trinajstić information content (AvgIpc) is 3.61. The van der Waals surface area contributed by atoms with E-state index in [1.807, 2.05) is 36.4 Å². The first-order chi connectivity index (χ1) is 17.5. The third kappa shape index (κ3) is 2.59. The number of hydrogen-bond acceptors (Lipinski definition) is 5. The summed E-state index contributed by atoms with van der Waals surface area (Å²) in [6.07, 6.45) is 7.30. The van der Waals surface area contributed by atoms with Crippen LogP contribution >= 0.6 is 0 Å². The van der Waals surface area contributed by atoms with Crippen LogP contribution in [-0.2, 0) is 10.2 Å². The summed E-state index contributed by atoms with van der Waals surface area (Å²) in [4.78, 5) is 24.0. The van der Waals surface area contributed by atoms with Crippen LogP contribution in [0.4, 0.5) is 5.69 Å². The number of carbonyl (C=O) groups is 1. The number of hydrogen-bond donors (Lipinski definition) is 0. The first-order valence-electron chi connectivity index (χ1n) is 12.4. The molecule has 0 amide bonds. The van der Waals surface area contributed by atoms with E-state index >= 15 is 0 Å². The minimum Gasteiger partial charge on any atom is -0.493 e. The van der Waals surface area contributed by atoms with Crippen molar-refractivity contribution in [2.24, 2.45) is 16.7 Å². The molecule has 0 heterocycles. The van der Waals surface area contributed by atoms with Crippen LogP contribution in [0.25, 0.3) is 0 Å². The number of benzene rings is 3. The second-order valence-corrected chi connectivity index (χ2v) is 10.7. The van der Waals surface area contributed by atoms with Crippen molar-refractivity contribution in [2.75, 3.05) is 6.61 Å². The van der Waals surface area contributed by atoms with Gasteiger partial charge < -0.3 is 9.47 Å². The number of nitrogens with zero attached hydrogens (tertiary/aromatic N) is 1. The Hall–Kier alpha value is -3.93. The van der Waals surface area contributed by atoms with Crippen LogP contribution in [0, 0.1) is 26.9 Å². The number of non-ortho nitro benzene ring substituents is 1. The number of nitro benzene ring substituents is 1. The quantitative estimate of drug-likeness (QED) is 0.183. The molecule has 4 aliphatic carbocycles. The van der Waals surface area contributed by atoms with E-state index in [2.05, 4.69) is 36.4 Å². The largest absolute Gasteiger partial charge is 0.493 e. The fourth-order valence-corrected chi connectivity index (χ4v) is 7.82. The average molecular weight is 480 g/mol. The van der Waals surface area contributed by atoms with Gasteiger partial charge in [0.1, 0.15) is 11.4 Å². The molecule has 3 aromatic carbocycles. The van der Waals surface area contributed by atoms with Crippen molar-refractivity contribution in [3.8, 4) is 5.75 Å². The van der Waals surface area contributed by atoms with E-state index < -0.39 is 16.5 Å². The van der Waals surface area contributed by atoms with E-state index in [-0.39, 0.29) is 27.9 Å². The van der Waals surface area contributed by atoms with E-state index in [1.54, 1.807) is 0 Å². The minimum absolute atomic E-state index is 0.0302. The number of fused-ring (bicyclic) bond motifs is 3. The SMILES string of the molecule is O=C(O[C@@]12C[C@]1(COc1ccccc1)CC13CC=C[C@]1(c1ccccc1)[C@H]32)c1ccc([N+](=O)[O-])cc1. The van der Waals surface area contributed by atoms with Crippen LogP contribution < -0.4 is 4.74 Å². The Morgan fingerprint density at radius 3 is 2.33 bits per heavy atom. The molecule has 0 aromatic heterocycles. The first-order valence-corrected chi connectivity index (χ1v) is 12.4. The summed E-state index contributed by atoms with van der Waals surface area (Å²) in [6, 6.07) is 26.0. The van der Waals surface area contributed by atoms with Gasteiger partial charge in [-0.3, -0.25) is 10.1 Å². The van der Waals surface area contributed by atoms with Gasteiger partial charge in [-0.15, -0.1) is 0 Å². The molecule has 6 heteroatoms. The molecule has 0 N–H and O–H groups in total. The van der Waals surface area contributed by atoms with Crippen LogP contribution in [0.1, 0.15) is 35.2 Å². The summed E-state index contributed by atoms with van der Waals surface area (Å²) in [6.45, 7) is 0.494. The van der Waals surface area contributed by atoms with E-state index in [9.17, 15) is 14.9 Å². The lowest BCUT2D eigenvalue weighted by Crippen LogP contribution is -2.34. The second kappa shape index (κ2) is 7.06. The highest BCUT2D eigenvalue weighted by Crippen LogP contribution is 2.95. The molecule has 7 rings (SSSR count). The van der Waals surface area contributed by atoms with Crippen molar-refractivity contribution in [3.05, 3.63) is 118 Å². The fraction of sp³-hybridized carbons (Fsp3) is 0.300. The molecule has 1 unspecified atom stereocenters. The van der Waals surface area contributed by atoms with Gasteiger partial charge in [0.2, 0.25) is 0 Å². The number of esters is 1. The van der Waals surface area contributed by atoms with Gasteiger partial charge in [-0.25, -0.2) is 4.79 Å². The van der Waals surface area contributed by atoms with Crippen LogP contribution in [0.5, 0.6) is 5.75 Å². The molecule has 36 heavy (non-hydrogen) atoms. The number of carbonyl (C=O) groups excluding carboxylic acids is 1. The van der Waals surface area contributed by atoms with Gasteiger partial charge in [-0.1, -0.05) is 60.7 Å². The van der Waals surface area contributed by atoms with E-state index in [0.29, 0.717) is 12.2 Å². The first kappa shape index (κ1) is 21.4. The highest BCUT2D eigenvalue weighted by molar-refractivity contribution is 5.90. The molecule has 0 aliphatic heterocycles.